The molecule has 0 aliphatic rings. The van der Waals surface area contributed by atoms with Crippen molar-refractivity contribution in [3.05, 3.63) is 28.7 Å². The fourth-order valence-electron chi connectivity index (χ4n) is 1.39. The molecule has 0 aliphatic heterocycles. The molecule has 0 radical (unpaired) electrons. The Morgan fingerprint density at radius 3 is 2.67 bits per heavy atom. The summed E-state index contributed by atoms with van der Waals surface area (Å²) in [6.45, 7) is -1.91. The normalized spacial score (nSPS) is 11.4. The van der Waals surface area contributed by atoms with E-state index in [9.17, 15) is 22.8 Å². The summed E-state index contributed by atoms with van der Waals surface area (Å²) in [5, 5.41) is 0. The van der Waals surface area contributed by atoms with Gasteiger partial charge in [-0.25, -0.2) is 0 Å². The summed E-state index contributed by atoms with van der Waals surface area (Å²) in [7, 11) is 0. The number of anilines is 1. The number of esters is 1. The molecule has 9 heteroatoms. The van der Waals surface area contributed by atoms with Gasteiger partial charge in [-0.2, -0.15) is 13.2 Å². The molecule has 2 N–H and O–H groups in total. The fraction of sp³-hybridized carbons (Fsp3) is 0.500. The predicted octanol–water partition coefficient (Wildman–Crippen LogP) is 0.943. The lowest BCUT2D eigenvalue weighted by Gasteiger charge is -2.09. The first-order valence-electron chi connectivity index (χ1n) is 6.04. The zero-order valence-corrected chi connectivity index (χ0v) is 11.1. The highest BCUT2D eigenvalue weighted by atomic mass is 19.4. The molecule has 1 aromatic rings. The molecule has 0 amide bonds. The topological polar surface area (TPSA) is 83.6 Å². The van der Waals surface area contributed by atoms with Gasteiger partial charge in [0.2, 0.25) is 0 Å². The number of rotatable bonds is 7. The van der Waals surface area contributed by atoms with Crippen molar-refractivity contribution in [1.82, 2.24) is 4.57 Å². The van der Waals surface area contributed by atoms with Crippen molar-refractivity contribution in [2.24, 2.45) is 0 Å². The van der Waals surface area contributed by atoms with E-state index in [0.29, 0.717) is 5.69 Å². The maximum absolute atomic E-state index is 11.8. The Hall–Kier alpha value is -2.03. The largest absolute Gasteiger partial charge is 0.464 e. The monoisotopic (exact) mass is 308 g/mol. The number of carbonyl (C=O) groups is 1. The number of nitrogen functional groups attached to an aromatic ring is 1. The number of nitrogens with zero attached hydrogens (tertiary/aromatic N) is 1. The maximum atomic E-state index is 11.8. The van der Waals surface area contributed by atoms with Gasteiger partial charge in [-0.05, 0) is 6.07 Å². The first kappa shape index (κ1) is 17.0. The molecule has 1 rings (SSSR count). The van der Waals surface area contributed by atoms with Crippen LogP contribution in [0, 0.1) is 0 Å². The summed E-state index contributed by atoms with van der Waals surface area (Å²) in [6.07, 6.45) is -2.94. The van der Waals surface area contributed by atoms with E-state index < -0.39 is 24.3 Å². The Kier molecular flexibility index (Phi) is 6.22. The smallest absolute Gasteiger partial charge is 0.411 e. The van der Waals surface area contributed by atoms with Gasteiger partial charge in [-0.3, -0.25) is 9.59 Å². The first-order chi connectivity index (χ1) is 9.78. The van der Waals surface area contributed by atoms with Crippen LogP contribution >= 0.6 is 0 Å². The Balaban J connectivity index is 2.23. The number of halogens is 3. The van der Waals surface area contributed by atoms with Crippen LogP contribution in [0.1, 0.15) is 6.42 Å². The molecule has 0 saturated carbocycles. The maximum Gasteiger partial charge on any atom is 0.411 e. The average molecular weight is 308 g/mol. The zero-order chi connectivity index (χ0) is 15.9. The quantitative estimate of drug-likeness (QED) is 0.599. The molecule has 1 aromatic heterocycles. The molecule has 1 heterocycles. The van der Waals surface area contributed by atoms with E-state index in [0.717, 1.165) is 4.57 Å². The highest BCUT2D eigenvalue weighted by molar-refractivity contribution is 5.69. The third-order valence-electron chi connectivity index (χ3n) is 2.27. The minimum atomic E-state index is -4.37. The molecule has 0 spiro atoms. The van der Waals surface area contributed by atoms with E-state index in [2.05, 4.69) is 4.74 Å². The number of nitrogens with two attached hydrogens (primary N) is 1. The van der Waals surface area contributed by atoms with Gasteiger partial charge in [0.15, 0.2) is 0 Å². The number of aromatic nitrogens is 1. The van der Waals surface area contributed by atoms with E-state index in [4.69, 9.17) is 10.5 Å². The van der Waals surface area contributed by atoms with Crippen LogP contribution in [-0.4, -0.2) is 36.5 Å². The Labute approximate surface area is 118 Å². The predicted molar refractivity (Wildman–Crippen MR) is 67.6 cm³/mol. The van der Waals surface area contributed by atoms with Crippen molar-refractivity contribution >= 4 is 11.7 Å². The van der Waals surface area contributed by atoms with Crippen molar-refractivity contribution in [2.45, 2.75) is 19.1 Å². The molecule has 0 bridgehead atoms. The molecule has 0 unspecified atom stereocenters. The second-order valence-electron chi connectivity index (χ2n) is 4.17. The number of carbonyl (C=O) groups excluding carboxylic acids is 1. The van der Waals surface area contributed by atoms with Gasteiger partial charge in [-0.15, -0.1) is 0 Å². The second kappa shape index (κ2) is 7.67. The summed E-state index contributed by atoms with van der Waals surface area (Å²) in [5.41, 5.74) is 5.39. The van der Waals surface area contributed by atoms with Gasteiger partial charge < -0.3 is 19.8 Å². The van der Waals surface area contributed by atoms with E-state index in [1.54, 1.807) is 0 Å². The lowest BCUT2D eigenvalue weighted by molar-refractivity contribution is -0.175. The van der Waals surface area contributed by atoms with Crippen LogP contribution in [0.5, 0.6) is 0 Å². The van der Waals surface area contributed by atoms with E-state index in [-0.39, 0.29) is 26.2 Å². The summed E-state index contributed by atoms with van der Waals surface area (Å²) >= 11 is 0. The van der Waals surface area contributed by atoms with E-state index in [1.807, 2.05) is 0 Å². The highest BCUT2D eigenvalue weighted by Gasteiger charge is 2.27. The third-order valence-corrected chi connectivity index (χ3v) is 2.27. The van der Waals surface area contributed by atoms with Crippen molar-refractivity contribution in [3.8, 4) is 0 Å². The number of pyridine rings is 1. The molecule has 6 nitrogen and oxygen atoms in total. The minimum Gasteiger partial charge on any atom is -0.464 e. The Morgan fingerprint density at radius 2 is 2.00 bits per heavy atom. The lowest BCUT2D eigenvalue weighted by atomic mass is 10.4. The highest BCUT2D eigenvalue weighted by Crippen LogP contribution is 2.14. The average Bonchev–Trinajstić information content (AvgIpc) is 2.37. The van der Waals surface area contributed by atoms with Crippen molar-refractivity contribution in [3.63, 3.8) is 0 Å². The Morgan fingerprint density at radius 1 is 1.29 bits per heavy atom. The molecule has 118 valence electrons. The number of alkyl halides is 3. The molecule has 0 aromatic carbocycles. The molecule has 0 atom stereocenters. The first-order valence-corrected chi connectivity index (χ1v) is 6.04. The van der Waals surface area contributed by atoms with Crippen LogP contribution in [-0.2, 0) is 20.8 Å². The third kappa shape index (κ3) is 7.35. The lowest BCUT2D eigenvalue weighted by Crippen LogP contribution is -2.25. The molecule has 21 heavy (non-hydrogen) atoms. The molecule has 0 saturated heterocycles. The van der Waals surface area contributed by atoms with Crippen LogP contribution in [0.3, 0.4) is 0 Å². The van der Waals surface area contributed by atoms with Crippen molar-refractivity contribution < 1.29 is 27.4 Å². The summed E-state index contributed by atoms with van der Waals surface area (Å²) in [5.74, 6) is -0.682. The number of hydrogen-bond acceptors (Lipinski definition) is 5. The van der Waals surface area contributed by atoms with Crippen LogP contribution in [0.15, 0.2) is 23.1 Å². The van der Waals surface area contributed by atoms with Gasteiger partial charge >= 0.3 is 12.1 Å². The van der Waals surface area contributed by atoms with Crippen LogP contribution in [0.4, 0.5) is 18.9 Å². The van der Waals surface area contributed by atoms with Gasteiger partial charge in [-0.1, -0.05) is 0 Å². The standard InChI is InChI=1S/C12H15F3N2O4/c13-12(14,15)8-20-4-1-5-21-11(19)7-17-6-9(16)2-3-10(17)18/h2-3,6H,1,4-5,7-8,16H2. The van der Waals surface area contributed by atoms with Crippen molar-refractivity contribution in [2.75, 3.05) is 25.6 Å². The van der Waals surface area contributed by atoms with Gasteiger partial charge in [0, 0.05) is 24.4 Å². The fourth-order valence-corrected chi connectivity index (χ4v) is 1.39. The molecular formula is C12H15F3N2O4. The molecular weight excluding hydrogens is 293 g/mol. The summed E-state index contributed by atoms with van der Waals surface area (Å²) in [4.78, 5) is 22.8. The zero-order valence-electron chi connectivity index (χ0n) is 11.1. The number of hydrogen-bond donors (Lipinski definition) is 1. The van der Waals surface area contributed by atoms with E-state index >= 15 is 0 Å². The van der Waals surface area contributed by atoms with Gasteiger partial charge in [0.05, 0.1) is 13.2 Å². The summed E-state index contributed by atoms with van der Waals surface area (Å²) < 4.78 is 45.5. The minimum absolute atomic E-state index is 0.0895. The number of ether oxygens (including phenoxy) is 2. The van der Waals surface area contributed by atoms with Crippen LogP contribution < -0.4 is 11.3 Å². The van der Waals surface area contributed by atoms with E-state index in [1.165, 1.54) is 18.3 Å². The molecule has 0 aliphatic carbocycles. The van der Waals surface area contributed by atoms with Crippen molar-refractivity contribution in [1.29, 1.82) is 0 Å². The summed E-state index contributed by atoms with van der Waals surface area (Å²) in [6, 6.07) is 2.62. The SMILES string of the molecule is Nc1ccc(=O)n(CC(=O)OCCCOCC(F)(F)F)c1. The van der Waals surface area contributed by atoms with Crippen LogP contribution in [0.2, 0.25) is 0 Å². The second-order valence-corrected chi connectivity index (χ2v) is 4.17. The van der Waals surface area contributed by atoms with Gasteiger partial charge in [0.1, 0.15) is 13.2 Å². The molecule has 0 fully saturated rings. The Bertz CT molecular complexity index is 528. The van der Waals surface area contributed by atoms with Crippen LogP contribution in [0.25, 0.3) is 0 Å². The van der Waals surface area contributed by atoms with Gasteiger partial charge in [0.25, 0.3) is 5.56 Å².